The Morgan fingerprint density at radius 3 is 2.85 bits per heavy atom. The number of hydrogen-bond acceptors (Lipinski definition) is 1. The summed E-state index contributed by atoms with van der Waals surface area (Å²) in [6.07, 6.45) is 6.20. The second kappa shape index (κ2) is 5.43. The number of aryl methyl sites for hydroxylation is 1. The number of hydrogen-bond donors (Lipinski definition) is 0. The molecule has 13 heavy (non-hydrogen) atoms. The molecule has 0 spiro atoms. The van der Waals surface area contributed by atoms with E-state index in [1.807, 2.05) is 6.20 Å². The first-order valence-corrected chi connectivity index (χ1v) is 5.99. The Bertz CT molecular complexity index is 241. The number of rotatable bonds is 5. The van der Waals surface area contributed by atoms with Crippen molar-refractivity contribution in [1.82, 2.24) is 9.55 Å². The van der Waals surface area contributed by atoms with Gasteiger partial charge in [0.1, 0.15) is 5.82 Å². The molecular weight excluding hydrogens is 228 g/mol. The summed E-state index contributed by atoms with van der Waals surface area (Å²) in [6, 6.07) is 0. The molecule has 74 valence electrons. The largest absolute Gasteiger partial charge is 0.335 e. The molecule has 0 radical (unpaired) electrons. The zero-order valence-corrected chi connectivity index (χ0v) is 9.92. The van der Waals surface area contributed by atoms with E-state index in [1.54, 1.807) is 0 Å². The second-order valence-corrected chi connectivity index (χ2v) is 3.93. The second-order valence-electron chi connectivity index (χ2n) is 3.28. The van der Waals surface area contributed by atoms with Crippen molar-refractivity contribution in [3.8, 4) is 0 Å². The SMILES string of the molecule is CCc1nccn1CC(CC)CBr. The van der Waals surface area contributed by atoms with Crippen LogP contribution in [0.4, 0.5) is 0 Å². The van der Waals surface area contributed by atoms with Crippen LogP contribution >= 0.6 is 15.9 Å². The molecular formula is C10H17BrN2. The molecule has 0 amide bonds. The first-order valence-electron chi connectivity index (χ1n) is 4.87. The normalized spacial score (nSPS) is 13.2. The van der Waals surface area contributed by atoms with E-state index in [0.29, 0.717) is 0 Å². The molecule has 1 atom stereocenters. The molecule has 0 aromatic carbocycles. The van der Waals surface area contributed by atoms with E-state index < -0.39 is 0 Å². The Morgan fingerprint density at radius 2 is 2.31 bits per heavy atom. The standard InChI is InChI=1S/C10H17BrN2/c1-3-9(7-11)8-13-6-5-12-10(13)4-2/h5-6,9H,3-4,7-8H2,1-2H3. The third kappa shape index (κ3) is 2.83. The lowest BCUT2D eigenvalue weighted by atomic mass is 10.1. The molecule has 1 rings (SSSR count). The fourth-order valence-electron chi connectivity index (χ4n) is 1.39. The van der Waals surface area contributed by atoms with Gasteiger partial charge in [-0.25, -0.2) is 4.98 Å². The van der Waals surface area contributed by atoms with Gasteiger partial charge in [0.2, 0.25) is 0 Å². The summed E-state index contributed by atoms with van der Waals surface area (Å²) in [5.74, 6) is 1.92. The maximum absolute atomic E-state index is 4.30. The van der Waals surface area contributed by atoms with Crippen molar-refractivity contribution in [2.45, 2.75) is 33.2 Å². The van der Waals surface area contributed by atoms with E-state index in [4.69, 9.17) is 0 Å². The van der Waals surface area contributed by atoms with Crippen LogP contribution in [0.15, 0.2) is 12.4 Å². The van der Waals surface area contributed by atoms with Crippen LogP contribution < -0.4 is 0 Å². The zero-order valence-electron chi connectivity index (χ0n) is 8.33. The Labute approximate surface area is 88.5 Å². The van der Waals surface area contributed by atoms with Crippen LogP contribution in [-0.4, -0.2) is 14.9 Å². The Hall–Kier alpha value is -0.310. The fourth-order valence-corrected chi connectivity index (χ4v) is 2.05. The lowest BCUT2D eigenvalue weighted by Crippen LogP contribution is -2.12. The maximum atomic E-state index is 4.30. The lowest BCUT2D eigenvalue weighted by molar-refractivity contribution is 0.468. The van der Waals surface area contributed by atoms with E-state index >= 15 is 0 Å². The average Bonchev–Trinajstić information content (AvgIpc) is 2.61. The minimum absolute atomic E-state index is 0.722. The van der Waals surface area contributed by atoms with Gasteiger partial charge >= 0.3 is 0 Å². The summed E-state index contributed by atoms with van der Waals surface area (Å²) in [6.45, 7) is 5.47. The van der Waals surface area contributed by atoms with Gasteiger partial charge < -0.3 is 4.57 Å². The highest BCUT2D eigenvalue weighted by molar-refractivity contribution is 9.09. The molecule has 1 unspecified atom stereocenters. The number of aromatic nitrogens is 2. The van der Waals surface area contributed by atoms with E-state index in [2.05, 4.69) is 45.5 Å². The first kappa shape index (κ1) is 10.8. The smallest absolute Gasteiger partial charge is 0.108 e. The van der Waals surface area contributed by atoms with Crippen molar-refractivity contribution >= 4 is 15.9 Å². The maximum Gasteiger partial charge on any atom is 0.108 e. The summed E-state index contributed by atoms with van der Waals surface area (Å²) >= 11 is 3.53. The highest BCUT2D eigenvalue weighted by atomic mass is 79.9. The van der Waals surface area contributed by atoms with E-state index in [1.165, 1.54) is 12.2 Å². The van der Waals surface area contributed by atoms with Gasteiger partial charge in [-0.15, -0.1) is 0 Å². The van der Waals surface area contributed by atoms with Crippen molar-refractivity contribution in [2.75, 3.05) is 5.33 Å². The minimum atomic E-state index is 0.722. The Kier molecular flexibility index (Phi) is 4.50. The van der Waals surface area contributed by atoms with Crippen molar-refractivity contribution in [2.24, 2.45) is 5.92 Å². The molecule has 0 fully saturated rings. The van der Waals surface area contributed by atoms with Gasteiger partial charge in [-0.2, -0.15) is 0 Å². The topological polar surface area (TPSA) is 17.8 Å². The predicted octanol–water partition coefficient (Wildman–Crippen LogP) is 2.87. The molecule has 1 aromatic heterocycles. The van der Waals surface area contributed by atoms with Crippen LogP contribution in [0, 0.1) is 5.92 Å². The highest BCUT2D eigenvalue weighted by Crippen LogP contribution is 2.11. The van der Waals surface area contributed by atoms with Crippen LogP contribution in [-0.2, 0) is 13.0 Å². The molecule has 0 saturated carbocycles. The van der Waals surface area contributed by atoms with E-state index in [-0.39, 0.29) is 0 Å². The molecule has 0 aliphatic heterocycles. The quantitative estimate of drug-likeness (QED) is 0.729. The molecule has 0 bridgehead atoms. The van der Waals surface area contributed by atoms with Crippen molar-refractivity contribution < 1.29 is 0 Å². The van der Waals surface area contributed by atoms with Crippen LogP contribution in [0.3, 0.4) is 0 Å². The Morgan fingerprint density at radius 1 is 1.54 bits per heavy atom. The first-order chi connectivity index (χ1) is 6.31. The fraction of sp³-hybridized carbons (Fsp3) is 0.700. The summed E-state index contributed by atoms with van der Waals surface area (Å²) < 4.78 is 2.26. The van der Waals surface area contributed by atoms with Crippen LogP contribution in [0.25, 0.3) is 0 Å². The summed E-state index contributed by atoms with van der Waals surface area (Å²) in [7, 11) is 0. The van der Waals surface area contributed by atoms with Crippen LogP contribution in [0.5, 0.6) is 0 Å². The van der Waals surface area contributed by atoms with Crippen molar-refractivity contribution in [1.29, 1.82) is 0 Å². The molecule has 0 aliphatic rings. The number of imidazole rings is 1. The summed E-state index contributed by atoms with van der Waals surface area (Å²) in [5.41, 5.74) is 0. The highest BCUT2D eigenvalue weighted by Gasteiger charge is 2.07. The van der Waals surface area contributed by atoms with Gasteiger partial charge in [-0.3, -0.25) is 0 Å². The zero-order chi connectivity index (χ0) is 9.68. The van der Waals surface area contributed by atoms with Gasteiger partial charge in [0.25, 0.3) is 0 Å². The predicted molar refractivity (Wildman–Crippen MR) is 59.2 cm³/mol. The minimum Gasteiger partial charge on any atom is -0.335 e. The molecule has 0 N–H and O–H groups in total. The van der Waals surface area contributed by atoms with Gasteiger partial charge in [0.05, 0.1) is 0 Å². The average molecular weight is 245 g/mol. The van der Waals surface area contributed by atoms with Crippen LogP contribution in [0.2, 0.25) is 0 Å². The lowest BCUT2D eigenvalue weighted by Gasteiger charge is -2.13. The number of alkyl halides is 1. The summed E-state index contributed by atoms with van der Waals surface area (Å²) in [4.78, 5) is 4.30. The van der Waals surface area contributed by atoms with Gasteiger partial charge in [0, 0.05) is 30.7 Å². The molecule has 0 aliphatic carbocycles. The third-order valence-electron chi connectivity index (χ3n) is 2.37. The third-order valence-corrected chi connectivity index (χ3v) is 3.28. The number of nitrogens with zero attached hydrogens (tertiary/aromatic N) is 2. The molecule has 3 heteroatoms. The molecule has 1 heterocycles. The van der Waals surface area contributed by atoms with E-state index in [0.717, 1.165) is 24.2 Å². The van der Waals surface area contributed by atoms with Crippen molar-refractivity contribution in [3.63, 3.8) is 0 Å². The Balaban J connectivity index is 2.61. The molecule has 2 nitrogen and oxygen atoms in total. The van der Waals surface area contributed by atoms with Gasteiger partial charge in [-0.1, -0.05) is 36.2 Å². The van der Waals surface area contributed by atoms with E-state index in [9.17, 15) is 0 Å². The molecule has 1 aromatic rings. The monoisotopic (exact) mass is 244 g/mol. The van der Waals surface area contributed by atoms with Crippen molar-refractivity contribution in [3.05, 3.63) is 18.2 Å². The molecule has 0 saturated heterocycles. The van der Waals surface area contributed by atoms with Gasteiger partial charge in [-0.05, 0) is 5.92 Å². The van der Waals surface area contributed by atoms with Gasteiger partial charge in [0.15, 0.2) is 0 Å². The van der Waals surface area contributed by atoms with Crippen LogP contribution in [0.1, 0.15) is 26.1 Å². The number of halogens is 1. The summed E-state index contributed by atoms with van der Waals surface area (Å²) in [5, 5.41) is 1.07.